The molecular formula is C13H12N2O. The van der Waals surface area contributed by atoms with E-state index in [-0.39, 0.29) is 11.9 Å². The summed E-state index contributed by atoms with van der Waals surface area (Å²) in [5.74, 6) is 0.0540. The maximum Gasteiger partial charge on any atom is 0.228 e. The average Bonchev–Trinajstić information content (AvgIpc) is 2.44. The summed E-state index contributed by atoms with van der Waals surface area (Å²) in [4.78, 5) is 11.7. The molecule has 80 valence electrons. The lowest BCUT2D eigenvalue weighted by molar-refractivity contribution is -0.115. The highest BCUT2D eigenvalue weighted by Gasteiger charge is 2.25. The van der Waals surface area contributed by atoms with Gasteiger partial charge in [0.2, 0.25) is 5.91 Å². The third kappa shape index (κ3) is 1.41. The summed E-state index contributed by atoms with van der Waals surface area (Å²) in [6.07, 6.45) is 6.33. The molecule has 0 saturated carbocycles. The fourth-order valence-electron chi connectivity index (χ4n) is 2.22. The zero-order valence-electron chi connectivity index (χ0n) is 8.73. The van der Waals surface area contributed by atoms with Crippen LogP contribution in [0.3, 0.4) is 0 Å². The Kier molecular flexibility index (Phi) is 2.03. The van der Waals surface area contributed by atoms with E-state index in [0.717, 1.165) is 16.8 Å². The Morgan fingerprint density at radius 1 is 1.25 bits per heavy atom. The van der Waals surface area contributed by atoms with Gasteiger partial charge in [-0.3, -0.25) is 4.79 Å². The van der Waals surface area contributed by atoms with Gasteiger partial charge in [0.05, 0.1) is 12.5 Å². The summed E-state index contributed by atoms with van der Waals surface area (Å²) < 4.78 is 0. The van der Waals surface area contributed by atoms with Gasteiger partial charge in [-0.15, -0.1) is 0 Å². The van der Waals surface area contributed by atoms with Gasteiger partial charge in [-0.05, 0) is 23.9 Å². The van der Waals surface area contributed by atoms with Gasteiger partial charge in [0, 0.05) is 11.3 Å². The second-order valence-electron chi connectivity index (χ2n) is 4.01. The van der Waals surface area contributed by atoms with E-state index in [4.69, 9.17) is 0 Å². The van der Waals surface area contributed by atoms with Crippen LogP contribution in [-0.4, -0.2) is 5.91 Å². The Bertz CT molecular complexity index is 502. The van der Waals surface area contributed by atoms with Crippen molar-refractivity contribution in [3.63, 3.8) is 0 Å². The van der Waals surface area contributed by atoms with Crippen LogP contribution in [0.5, 0.6) is 0 Å². The molecule has 2 aliphatic heterocycles. The highest BCUT2D eigenvalue weighted by Crippen LogP contribution is 2.34. The van der Waals surface area contributed by atoms with E-state index < -0.39 is 0 Å². The summed E-state index contributed by atoms with van der Waals surface area (Å²) in [5, 5.41) is 6.23. The molecule has 0 saturated heterocycles. The molecule has 1 aromatic rings. The van der Waals surface area contributed by atoms with Gasteiger partial charge in [-0.25, -0.2) is 0 Å². The van der Waals surface area contributed by atoms with Crippen LogP contribution in [0.2, 0.25) is 0 Å². The van der Waals surface area contributed by atoms with Crippen LogP contribution in [0.15, 0.2) is 48.2 Å². The van der Waals surface area contributed by atoms with Gasteiger partial charge >= 0.3 is 0 Å². The van der Waals surface area contributed by atoms with Crippen LogP contribution in [0, 0.1) is 0 Å². The molecule has 2 aliphatic rings. The molecule has 2 heterocycles. The van der Waals surface area contributed by atoms with Crippen LogP contribution in [-0.2, 0) is 4.79 Å². The van der Waals surface area contributed by atoms with E-state index in [1.54, 1.807) is 0 Å². The van der Waals surface area contributed by atoms with E-state index in [0.29, 0.717) is 6.42 Å². The van der Waals surface area contributed by atoms with Gasteiger partial charge < -0.3 is 10.6 Å². The number of anilines is 1. The van der Waals surface area contributed by atoms with Gasteiger partial charge in [0.25, 0.3) is 0 Å². The molecule has 3 nitrogen and oxygen atoms in total. The van der Waals surface area contributed by atoms with Crippen LogP contribution >= 0.6 is 0 Å². The maximum absolute atomic E-state index is 11.7. The number of hydrogen-bond acceptors (Lipinski definition) is 2. The van der Waals surface area contributed by atoms with Crippen LogP contribution in [0.1, 0.15) is 18.0 Å². The molecule has 1 atom stereocenters. The molecule has 16 heavy (non-hydrogen) atoms. The molecule has 0 aromatic heterocycles. The van der Waals surface area contributed by atoms with Crippen molar-refractivity contribution in [1.29, 1.82) is 0 Å². The first-order chi connectivity index (χ1) is 7.84. The second-order valence-corrected chi connectivity index (χ2v) is 4.01. The van der Waals surface area contributed by atoms with Crippen LogP contribution < -0.4 is 10.6 Å². The lowest BCUT2D eigenvalue weighted by atomic mass is 9.95. The molecule has 0 bridgehead atoms. The fourth-order valence-corrected chi connectivity index (χ4v) is 2.22. The molecule has 1 amide bonds. The molecule has 1 unspecified atom stereocenters. The highest BCUT2D eigenvalue weighted by atomic mass is 16.1. The summed E-state index contributed by atoms with van der Waals surface area (Å²) in [5.41, 5.74) is 3.15. The third-order valence-corrected chi connectivity index (χ3v) is 2.95. The number of carbonyl (C=O) groups is 1. The number of fused-ring (bicyclic) bond motifs is 3. The zero-order valence-corrected chi connectivity index (χ0v) is 8.73. The number of carbonyl (C=O) groups excluding carboxylic acids is 1. The van der Waals surface area contributed by atoms with E-state index in [2.05, 4.69) is 10.6 Å². The van der Waals surface area contributed by atoms with Crippen LogP contribution in [0.25, 0.3) is 0 Å². The van der Waals surface area contributed by atoms with E-state index >= 15 is 0 Å². The van der Waals surface area contributed by atoms with Gasteiger partial charge in [0.1, 0.15) is 0 Å². The van der Waals surface area contributed by atoms with Gasteiger partial charge in [0.15, 0.2) is 0 Å². The monoisotopic (exact) mass is 212 g/mol. The molecule has 0 aliphatic carbocycles. The Hall–Kier alpha value is -2.03. The molecule has 0 radical (unpaired) electrons. The molecule has 3 rings (SSSR count). The van der Waals surface area contributed by atoms with Crippen molar-refractivity contribution in [3.05, 3.63) is 53.8 Å². The van der Waals surface area contributed by atoms with Gasteiger partial charge in [-0.2, -0.15) is 0 Å². The maximum atomic E-state index is 11.7. The first kappa shape index (κ1) is 9.21. The number of nitrogens with one attached hydrogen (secondary N) is 2. The second kappa shape index (κ2) is 3.52. The van der Waals surface area contributed by atoms with E-state index in [9.17, 15) is 4.79 Å². The molecule has 1 aromatic carbocycles. The summed E-state index contributed by atoms with van der Waals surface area (Å²) in [7, 11) is 0. The minimum absolute atomic E-state index is 0.0540. The third-order valence-electron chi connectivity index (χ3n) is 2.95. The van der Waals surface area contributed by atoms with Crippen molar-refractivity contribution in [2.24, 2.45) is 0 Å². The predicted octanol–water partition coefficient (Wildman–Crippen LogP) is 2.11. The predicted molar refractivity (Wildman–Crippen MR) is 62.8 cm³/mol. The number of para-hydroxylation sites is 1. The lowest BCUT2D eigenvalue weighted by Gasteiger charge is -2.22. The molecule has 3 heteroatoms. The minimum atomic E-state index is 0.0540. The standard InChI is InChI=1S/C13H12N2O/c16-12-8-9-4-3-7-14-13(9)10-5-1-2-6-11(10)15-12/h1-7,13-14H,8H2,(H,15,16). The number of allylic oxidation sites excluding steroid dienone is 2. The fraction of sp³-hybridized carbons (Fsp3) is 0.154. The smallest absolute Gasteiger partial charge is 0.228 e. The quantitative estimate of drug-likeness (QED) is 0.691. The van der Waals surface area contributed by atoms with E-state index in [1.807, 2.05) is 42.6 Å². The molecule has 0 fully saturated rings. The SMILES string of the molecule is O=C1CC2=CC=CNC2c2ccccc2N1. The van der Waals surface area contributed by atoms with Crippen molar-refractivity contribution in [2.45, 2.75) is 12.5 Å². The molecule has 0 spiro atoms. The Morgan fingerprint density at radius 3 is 3.06 bits per heavy atom. The summed E-state index contributed by atoms with van der Waals surface area (Å²) >= 11 is 0. The highest BCUT2D eigenvalue weighted by molar-refractivity contribution is 5.94. The normalized spacial score (nSPS) is 22.1. The van der Waals surface area contributed by atoms with E-state index in [1.165, 1.54) is 0 Å². The molecule has 2 N–H and O–H groups in total. The number of rotatable bonds is 0. The van der Waals surface area contributed by atoms with Crippen molar-refractivity contribution in [3.8, 4) is 0 Å². The number of amides is 1. The van der Waals surface area contributed by atoms with Gasteiger partial charge in [-0.1, -0.05) is 24.3 Å². The topological polar surface area (TPSA) is 41.1 Å². The van der Waals surface area contributed by atoms with Crippen molar-refractivity contribution >= 4 is 11.6 Å². The average molecular weight is 212 g/mol. The molecular weight excluding hydrogens is 200 g/mol. The number of hydrogen-bond donors (Lipinski definition) is 2. The Balaban J connectivity index is 2.14. The van der Waals surface area contributed by atoms with Crippen molar-refractivity contribution in [2.75, 3.05) is 5.32 Å². The largest absolute Gasteiger partial charge is 0.380 e. The number of dihydropyridines is 1. The van der Waals surface area contributed by atoms with Crippen molar-refractivity contribution in [1.82, 2.24) is 5.32 Å². The summed E-state index contributed by atoms with van der Waals surface area (Å²) in [6.45, 7) is 0. The number of benzene rings is 1. The lowest BCUT2D eigenvalue weighted by Crippen LogP contribution is -2.19. The first-order valence-corrected chi connectivity index (χ1v) is 5.35. The zero-order chi connectivity index (χ0) is 11.0. The Morgan fingerprint density at radius 2 is 2.12 bits per heavy atom. The Labute approximate surface area is 93.9 Å². The first-order valence-electron chi connectivity index (χ1n) is 5.35. The van der Waals surface area contributed by atoms with Crippen LogP contribution in [0.4, 0.5) is 5.69 Å². The summed E-state index contributed by atoms with van der Waals surface area (Å²) in [6, 6.07) is 8.04. The van der Waals surface area contributed by atoms with Crippen molar-refractivity contribution < 1.29 is 4.79 Å². The minimum Gasteiger partial charge on any atom is -0.380 e.